The number of hydrogen-bond acceptors (Lipinski definition) is 2. The number of benzene rings is 1. The van der Waals surface area contributed by atoms with Crippen molar-refractivity contribution in [2.45, 2.75) is 51.2 Å². The number of ether oxygens (including phenoxy) is 1. The van der Waals surface area contributed by atoms with Crippen LogP contribution in [0.5, 0.6) is 0 Å². The van der Waals surface area contributed by atoms with E-state index in [4.69, 9.17) is 4.74 Å². The first kappa shape index (κ1) is 15.1. The predicted molar refractivity (Wildman–Crippen MR) is 83.6 cm³/mol. The van der Waals surface area contributed by atoms with Crippen molar-refractivity contribution >= 4 is 0 Å². The van der Waals surface area contributed by atoms with Gasteiger partial charge in [0.05, 0.1) is 6.10 Å². The van der Waals surface area contributed by atoms with Crippen molar-refractivity contribution < 1.29 is 4.74 Å². The Kier molecular flexibility index (Phi) is 6.63. The molecule has 0 aromatic heterocycles. The fraction of sp³-hybridized carbons (Fsp3) is 0.556. The van der Waals surface area contributed by atoms with E-state index in [1.54, 1.807) is 0 Å². The van der Waals surface area contributed by atoms with E-state index in [1.807, 2.05) is 30.3 Å². The van der Waals surface area contributed by atoms with Gasteiger partial charge in [-0.1, -0.05) is 37.0 Å². The molecule has 0 unspecified atom stereocenters. The van der Waals surface area contributed by atoms with Crippen LogP contribution >= 0.6 is 0 Å². The van der Waals surface area contributed by atoms with Gasteiger partial charge in [0.2, 0.25) is 0 Å². The molecule has 0 atom stereocenters. The molecule has 1 aliphatic carbocycles. The Morgan fingerprint density at radius 1 is 1.15 bits per heavy atom. The first-order chi connectivity index (χ1) is 9.88. The van der Waals surface area contributed by atoms with Crippen molar-refractivity contribution in [1.29, 1.82) is 0 Å². The lowest BCUT2D eigenvalue weighted by molar-refractivity contribution is 0.0426. The molecule has 0 aliphatic heterocycles. The summed E-state index contributed by atoms with van der Waals surface area (Å²) in [5, 5.41) is 3.60. The van der Waals surface area contributed by atoms with Gasteiger partial charge in [-0.3, -0.25) is 0 Å². The second-order valence-electron chi connectivity index (χ2n) is 5.41. The first-order valence-electron chi connectivity index (χ1n) is 7.77. The summed E-state index contributed by atoms with van der Waals surface area (Å²) in [6, 6.07) is 10.8. The minimum atomic E-state index is 0.403. The summed E-state index contributed by atoms with van der Waals surface area (Å²) in [5.41, 5.74) is 1.06. The molecule has 1 saturated carbocycles. The highest BCUT2D eigenvalue weighted by Crippen LogP contribution is 2.21. The molecule has 0 amide bonds. The number of rotatable bonds is 5. The molecule has 2 heteroatoms. The van der Waals surface area contributed by atoms with Crippen LogP contribution in [0, 0.1) is 11.8 Å². The highest BCUT2D eigenvalue weighted by Gasteiger charge is 2.20. The van der Waals surface area contributed by atoms with E-state index >= 15 is 0 Å². The summed E-state index contributed by atoms with van der Waals surface area (Å²) in [7, 11) is 0. The molecule has 2 rings (SSSR count). The molecule has 1 fully saturated rings. The Morgan fingerprint density at radius 2 is 1.90 bits per heavy atom. The van der Waals surface area contributed by atoms with Crippen molar-refractivity contribution in [2.75, 3.05) is 13.2 Å². The van der Waals surface area contributed by atoms with Crippen LogP contribution in [0.1, 0.15) is 44.6 Å². The van der Waals surface area contributed by atoms with Gasteiger partial charge >= 0.3 is 0 Å². The average Bonchev–Trinajstić information content (AvgIpc) is 2.52. The summed E-state index contributed by atoms with van der Waals surface area (Å²) in [6.07, 6.45) is 6.40. The van der Waals surface area contributed by atoms with Crippen LogP contribution in [0.15, 0.2) is 30.3 Å². The molecule has 0 spiro atoms. The smallest absolute Gasteiger partial charge is 0.108 e. The van der Waals surface area contributed by atoms with E-state index in [9.17, 15) is 0 Å². The van der Waals surface area contributed by atoms with Gasteiger partial charge in [0.25, 0.3) is 0 Å². The summed E-state index contributed by atoms with van der Waals surface area (Å²) < 4.78 is 5.86. The van der Waals surface area contributed by atoms with Crippen molar-refractivity contribution in [1.82, 2.24) is 5.32 Å². The van der Waals surface area contributed by atoms with Gasteiger partial charge in [0, 0.05) is 11.6 Å². The largest absolute Gasteiger partial charge is 0.366 e. The Balaban J connectivity index is 1.63. The van der Waals surface area contributed by atoms with Gasteiger partial charge in [-0.05, 0) is 50.8 Å². The van der Waals surface area contributed by atoms with Gasteiger partial charge in [-0.25, -0.2) is 0 Å². The minimum Gasteiger partial charge on any atom is -0.366 e. The molecule has 1 aromatic carbocycles. The Labute approximate surface area is 122 Å². The second-order valence-corrected chi connectivity index (χ2v) is 5.41. The second kappa shape index (κ2) is 8.79. The summed E-state index contributed by atoms with van der Waals surface area (Å²) >= 11 is 0. The predicted octanol–water partition coefficient (Wildman–Crippen LogP) is 3.37. The molecule has 1 aliphatic rings. The molecule has 1 aromatic rings. The van der Waals surface area contributed by atoms with E-state index < -0.39 is 0 Å². The van der Waals surface area contributed by atoms with Gasteiger partial charge < -0.3 is 10.1 Å². The normalized spacial score (nSPS) is 22.1. The van der Waals surface area contributed by atoms with Crippen LogP contribution in [0.4, 0.5) is 0 Å². The van der Waals surface area contributed by atoms with Crippen molar-refractivity contribution in [3.63, 3.8) is 0 Å². The van der Waals surface area contributed by atoms with Crippen LogP contribution in [-0.2, 0) is 4.74 Å². The number of nitrogens with one attached hydrogen (secondary N) is 1. The molecule has 0 saturated heterocycles. The zero-order chi connectivity index (χ0) is 14.0. The molecule has 0 heterocycles. The molecular formula is C18H25NO. The van der Waals surface area contributed by atoms with Gasteiger partial charge in [0.15, 0.2) is 0 Å². The van der Waals surface area contributed by atoms with Crippen LogP contribution in [0.25, 0.3) is 0 Å². The maximum absolute atomic E-state index is 5.86. The minimum absolute atomic E-state index is 0.403. The Bertz CT molecular complexity index is 424. The fourth-order valence-corrected chi connectivity index (χ4v) is 2.60. The quantitative estimate of drug-likeness (QED) is 0.829. The molecule has 20 heavy (non-hydrogen) atoms. The van der Waals surface area contributed by atoms with Crippen LogP contribution in [0.3, 0.4) is 0 Å². The molecule has 1 N–H and O–H groups in total. The SMILES string of the molecule is CCCNC1CCC(OCC#Cc2ccccc2)CC1. The lowest BCUT2D eigenvalue weighted by atomic mass is 9.93. The molecular weight excluding hydrogens is 246 g/mol. The Morgan fingerprint density at radius 3 is 2.60 bits per heavy atom. The van der Waals surface area contributed by atoms with E-state index in [-0.39, 0.29) is 0 Å². The third kappa shape index (κ3) is 5.36. The van der Waals surface area contributed by atoms with Crippen LogP contribution < -0.4 is 5.32 Å². The van der Waals surface area contributed by atoms with Crippen molar-refractivity contribution in [3.05, 3.63) is 35.9 Å². The summed E-state index contributed by atoms with van der Waals surface area (Å²) in [4.78, 5) is 0. The Hall–Kier alpha value is -1.30. The van der Waals surface area contributed by atoms with Gasteiger partial charge in [-0.15, -0.1) is 0 Å². The monoisotopic (exact) mass is 271 g/mol. The highest BCUT2D eigenvalue weighted by atomic mass is 16.5. The third-order valence-electron chi connectivity index (χ3n) is 3.75. The molecule has 0 radical (unpaired) electrons. The van der Waals surface area contributed by atoms with E-state index in [1.165, 1.54) is 19.3 Å². The first-order valence-corrected chi connectivity index (χ1v) is 7.77. The fourth-order valence-electron chi connectivity index (χ4n) is 2.60. The summed E-state index contributed by atoms with van der Waals surface area (Å²) in [6.45, 7) is 3.90. The highest BCUT2D eigenvalue weighted by molar-refractivity contribution is 5.33. The van der Waals surface area contributed by atoms with Crippen molar-refractivity contribution in [3.8, 4) is 11.8 Å². The van der Waals surface area contributed by atoms with Gasteiger partial charge in [0.1, 0.15) is 6.61 Å². The molecule has 2 nitrogen and oxygen atoms in total. The topological polar surface area (TPSA) is 21.3 Å². The molecule has 108 valence electrons. The molecule has 0 bridgehead atoms. The maximum Gasteiger partial charge on any atom is 0.108 e. The number of hydrogen-bond donors (Lipinski definition) is 1. The zero-order valence-corrected chi connectivity index (χ0v) is 12.4. The summed E-state index contributed by atoms with van der Waals surface area (Å²) in [5.74, 6) is 6.24. The average molecular weight is 271 g/mol. The van der Waals surface area contributed by atoms with E-state index in [0.29, 0.717) is 18.8 Å². The van der Waals surface area contributed by atoms with E-state index in [0.717, 1.165) is 24.9 Å². The van der Waals surface area contributed by atoms with Crippen molar-refractivity contribution in [2.24, 2.45) is 0 Å². The van der Waals surface area contributed by atoms with Crippen LogP contribution in [0.2, 0.25) is 0 Å². The lowest BCUT2D eigenvalue weighted by Gasteiger charge is -2.28. The third-order valence-corrected chi connectivity index (χ3v) is 3.75. The van der Waals surface area contributed by atoms with Gasteiger partial charge in [-0.2, -0.15) is 0 Å². The lowest BCUT2D eigenvalue weighted by Crippen LogP contribution is -2.35. The zero-order valence-electron chi connectivity index (χ0n) is 12.4. The van der Waals surface area contributed by atoms with E-state index in [2.05, 4.69) is 24.1 Å². The maximum atomic E-state index is 5.86. The van der Waals surface area contributed by atoms with Crippen LogP contribution in [-0.4, -0.2) is 25.3 Å². The standard InChI is InChI=1S/C18H25NO/c1-2-14-19-17-10-12-18(13-11-17)20-15-6-9-16-7-4-3-5-8-16/h3-5,7-8,17-19H,2,10-15H2,1H3.